The van der Waals surface area contributed by atoms with Crippen LogP contribution < -0.4 is 5.32 Å². The van der Waals surface area contributed by atoms with Crippen molar-refractivity contribution in [1.29, 1.82) is 0 Å². The van der Waals surface area contributed by atoms with Crippen LogP contribution in [0.2, 0.25) is 0 Å². The normalized spacial score (nSPS) is 10.7. The zero-order valence-electron chi connectivity index (χ0n) is 10.1. The number of imidazole rings is 1. The van der Waals surface area contributed by atoms with Gasteiger partial charge in [0.05, 0.1) is 11.9 Å². The molecule has 0 atom stereocenters. The molecule has 0 aromatic carbocycles. The molecule has 0 spiro atoms. The van der Waals surface area contributed by atoms with Gasteiger partial charge in [-0.15, -0.1) is 0 Å². The molecule has 17 heavy (non-hydrogen) atoms. The van der Waals surface area contributed by atoms with Crippen molar-refractivity contribution in [3.8, 4) is 5.69 Å². The second-order valence-corrected chi connectivity index (χ2v) is 3.77. The number of hydrogen-bond donors (Lipinski definition) is 1. The molecule has 0 radical (unpaired) electrons. The molecular weight excluding hydrogens is 218 g/mol. The van der Waals surface area contributed by atoms with E-state index in [-0.39, 0.29) is 0 Å². The summed E-state index contributed by atoms with van der Waals surface area (Å²) < 4.78 is 8.74. The van der Waals surface area contributed by atoms with Crippen LogP contribution in [0.3, 0.4) is 0 Å². The Morgan fingerprint density at radius 3 is 3.06 bits per heavy atom. The number of anilines is 1. The third-order valence-corrected chi connectivity index (χ3v) is 2.42. The predicted molar refractivity (Wildman–Crippen MR) is 65.3 cm³/mol. The van der Waals surface area contributed by atoms with Crippen LogP contribution >= 0.6 is 0 Å². The van der Waals surface area contributed by atoms with E-state index in [1.165, 1.54) is 0 Å². The smallest absolute Gasteiger partial charge is 0.207 e. The van der Waals surface area contributed by atoms with E-state index < -0.39 is 0 Å². The zero-order valence-corrected chi connectivity index (χ0v) is 10.1. The molecule has 2 aromatic heterocycles. The molecule has 0 fully saturated rings. The number of ether oxygens (including phenoxy) is 1. The van der Waals surface area contributed by atoms with Crippen molar-refractivity contribution in [2.24, 2.45) is 7.05 Å². The maximum Gasteiger partial charge on any atom is 0.207 e. The molecule has 2 rings (SSSR count). The topological polar surface area (TPSA) is 56.9 Å². The Labute approximate surface area is 100 Å². The fraction of sp³-hybridized carbons (Fsp3) is 0.455. The number of rotatable bonds is 6. The molecule has 92 valence electrons. The van der Waals surface area contributed by atoms with Crippen LogP contribution in [0.25, 0.3) is 5.69 Å². The molecule has 2 heterocycles. The van der Waals surface area contributed by atoms with E-state index in [4.69, 9.17) is 4.74 Å². The fourth-order valence-corrected chi connectivity index (χ4v) is 1.59. The minimum atomic E-state index is 0.751. The molecule has 0 aliphatic heterocycles. The van der Waals surface area contributed by atoms with Gasteiger partial charge in [0.1, 0.15) is 0 Å². The second kappa shape index (κ2) is 5.49. The third-order valence-electron chi connectivity index (χ3n) is 2.42. The third kappa shape index (κ3) is 2.85. The van der Waals surface area contributed by atoms with Crippen molar-refractivity contribution in [1.82, 2.24) is 19.3 Å². The highest BCUT2D eigenvalue weighted by Gasteiger charge is 2.05. The van der Waals surface area contributed by atoms with Crippen molar-refractivity contribution in [3.05, 3.63) is 24.8 Å². The van der Waals surface area contributed by atoms with Gasteiger partial charge in [-0.05, 0) is 6.42 Å². The first-order valence-corrected chi connectivity index (χ1v) is 5.56. The largest absolute Gasteiger partial charge is 0.385 e. The molecule has 0 saturated heterocycles. The predicted octanol–water partition coefficient (Wildman–Crippen LogP) is 1.05. The van der Waals surface area contributed by atoms with Crippen molar-refractivity contribution in [2.45, 2.75) is 6.42 Å². The number of aryl methyl sites for hydroxylation is 1. The van der Waals surface area contributed by atoms with Crippen LogP contribution in [0, 0.1) is 0 Å². The van der Waals surface area contributed by atoms with Crippen LogP contribution in [0.4, 0.5) is 5.95 Å². The lowest BCUT2D eigenvalue weighted by Gasteiger charge is -2.07. The number of nitrogens with zero attached hydrogens (tertiary/aromatic N) is 4. The van der Waals surface area contributed by atoms with Gasteiger partial charge in [-0.3, -0.25) is 9.25 Å². The van der Waals surface area contributed by atoms with Gasteiger partial charge in [0.15, 0.2) is 0 Å². The highest BCUT2D eigenvalue weighted by atomic mass is 16.5. The molecule has 1 N–H and O–H groups in total. The van der Waals surface area contributed by atoms with E-state index in [2.05, 4.69) is 15.4 Å². The standard InChI is InChI=1S/C11H17N5O/c1-15-9-10(8-14-15)16-6-5-13-11(16)12-4-3-7-17-2/h5-6,8-9H,3-4,7H2,1-2H3,(H,12,13). The van der Waals surface area contributed by atoms with Gasteiger partial charge in [0.25, 0.3) is 0 Å². The number of aromatic nitrogens is 4. The van der Waals surface area contributed by atoms with Crippen molar-refractivity contribution < 1.29 is 4.74 Å². The molecule has 0 amide bonds. The Kier molecular flexibility index (Phi) is 3.77. The van der Waals surface area contributed by atoms with Crippen LogP contribution in [-0.4, -0.2) is 39.6 Å². The van der Waals surface area contributed by atoms with Crippen LogP contribution in [0.1, 0.15) is 6.42 Å². The first-order valence-electron chi connectivity index (χ1n) is 5.56. The molecule has 0 bridgehead atoms. The Morgan fingerprint density at radius 1 is 1.47 bits per heavy atom. The summed E-state index contributed by atoms with van der Waals surface area (Å²) in [6.07, 6.45) is 8.39. The van der Waals surface area contributed by atoms with Gasteiger partial charge in [-0.25, -0.2) is 4.98 Å². The molecule has 0 saturated carbocycles. The summed E-state index contributed by atoms with van der Waals surface area (Å²) in [5.41, 5.74) is 0.999. The van der Waals surface area contributed by atoms with E-state index in [1.54, 1.807) is 18.0 Å². The van der Waals surface area contributed by atoms with Gasteiger partial charge >= 0.3 is 0 Å². The molecule has 0 unspecified atom stereocenters. The van der Waals surface area contributed by atoms with E-state index in [9.17, 15) is 0 Å². The van der Waals surface area contributed by atoms with Crippen molar-refractivity contribution in [2.75, 3.05) is 25.6 Å². The van der Waals surface area contributed by atoms with E-state index >= 15 is 0 Å². The van der Waals surface area contributed by atoms with E-state index in [0.717, 1.165) is 31.2 Å². The van der Waals surface area contributed by atoms with Crippen LogP contribution in [0.15, 0.2) is 24.8 Å². The Balaban J connectivity index is 2.02. The van der Waals surface area contributed by atoms with E-state index in [0.29, 0.717) is 0 Å². The van der Waals surface area contributed by atoms with Crippen LogP contribution in [0.5, 0.6) is 0 Å². The van der Waals surface area contributed by atoms with E-state index in [1.807, 2.05) is 30.2 Å². The Bertz CT molecular complexity index is 462. The molecule has 0 aliphatic carbocycles. The van der Waals surface area contributed by atoms with Gasteiger partial charge < -0.3 is 10.1 Å². The van der Waals surface area contributed by atoms with Gasteiger partial charge in [-0.1, -0.05) is 0 Å². The summed E-state index contributed by atoms with van der Waals surface area (Å²) in [5, 5.41) is 7.41. The zero-order chi connectivity index (χ0) is 12.1. The number of nitrogens with one attached hydrogen (secondary N) is 1. The summed E-state index contributed by atoms with van der Waals surface area (Å²) in [5.74, 6) is 0.828. The SMILES string of the molecule is COCCCNc1nccn1-c1cnn(C)c1. The summed E-state index contributed by atoms with van der Waals surface area (Å²) in [7, 11) is 3.60. The molecular formula is C11H17N5O. The van der Waals surface area contributed by atoms with Gasteiger partial charge in [0.2, 0.25) is 5.95 Å². The maximum absolute atomic E-state index is 5.00. The maximum atomic E-state index is 5.00. The Hall–Kier alpha value is -1.82. The highest BCUT2D eigenvalue weighted by Crippen LogP contribution is 2.12. The lowest BCUT2D eigenvalue weighted by molar-refractivity contribution is 0.197. The first-order chi connectivity index (χ1) is 8.31. The minimum absolute atomic E-state index is 0.751. The summed E-state index contributed by atoms with van der Waals surface area (Å²) >= 11 is 0. The Morgan fingerprint density at radius 2 is 2.35 bits per heavy atom. The quantitative estimate of drug-likeness (QED) is 0.760. The van der Waals surface area contributed by atoms with Crippen molar-refractivity contribution >= 4 is 5.95 Å². The lowest BCUT2D eigenvalue weighted by atomic mass is 10.4. The average molecular weight is 235 g/mol. The summed E-state index contributed by atoms with van der Waals surface area (Å²) in [6.45, 7) is 1.59. The van der Waals surface area contributed by atoms with Gasteiger partial charge in [-0.2, -0.15) is 5.10 Å². The molecule has 6 nitrogen and oxygen atoms in total. The van der Waals surface area contributed by atoms with Crippen molar-refractivity contribution in [3.63, 3.8) is 0 Å². The molecule has 6 heteroatoms. The first kappa shape index (κ1) is 11.7. The molecule has 2 aromatic rings. The number of methoxy groups -OCH3 is 1. The highest BCUT2D eigenvalue weighted by molar-refractivity contribution is 5.38. The van der Waals surface area contributed by atoms with Crippen LogP contribution in [-0.2, 0) is 11.8 Å². The second-order valence-electron chi connectivity index (χ2n) is 3.77. The summed E-state index contributed by atoms with van der Waals surface area (Å²) in [6, 6.07) is 0. The molecule has 0 aliphatic rings. The van der Waals surface area contributed by atoms with Gasteiger partial charge in [0, 0.05) is 45.9 Å². The minimum Gasteiger partial charge on any atom is -0.385 e. The average Bonchev–Trinajstić information content (AvgIpc) is 2.93. The number of hydrogen-bond acceptors (Lipinski definition) is 4. The fourth-order valence-electron chi connectivity index (χ4n) is 1.59. The monoisotopic (exact) mass is 235 g/mol. The summed E-state index contributed by atoms with van der Waals surface area (Å²) in [4.78, 5) is 4.27. The lowest BCUT2D eigenvalue weighted by Crippen LogP contribution is -2.09.